The molecule has 2 nitrogen and oxygen atoms in total. The summed E-state index contributed by atoms with van der Waals surface area (Å²) < 4.78 is 10.2. The number of ether oxygens (including phenoxy) is 2. The van der Waals surface area contributed by atoms with Crippen LogP contribution in [-0.2, 0) is 9.47 Å². The fourth-order valence-corrected chi connectivity index (χ4v) is 1.01. The van der Waals surface area contributed by atoms with Crippen molar-refractivity contribution in [2.75, 3.05) is 26.9 Å². The summed E-state index contributed by atoms with van der Waals surface area (Å²) in [6.07, 6.45) is 2.18. The number of hydrogen-bond acceptors (Lipinski definition) is 2. The lowest BCUT2D eigenvalue weighted by atomic mass is 10.0. The molecule has 1 radical (unpaired) electrons. The molecule has 1 fully saturated rings. The van der Waals surface area contributed by atoms with Crippen molar-refractivity contribution in [3.63, 3.8) is 0 Å². The molecule has 0 bridgehead atoms. The van der Waals surface area contributed by atoms with Gasteiger partial charge in [-0.15, -0.1) is 0 Å². The van der Waals surface area contributed by atoms with Crippen molar-refractivity contribution >= 4 is 0 Å². The molecule has 0 aromatic rings. The molecular weight excluding hydrogens is 116 g/mol. The van der Waals surface area contributed by atoms with Crippen LogP contribution in [0.25, 0.3) is 0 Å². The van der Waals surface area contributed by atoms with E-state index >= 15 is 0 Å². The lowest BCUT2D eigenvalue weighted by molar-refractivity contribution is 0.0880. The molecule has 2 heteroatoms. The van der Waals surface area contributed by atoms with Crippen LogP contribution in [0.4, 0.5) is 0 Å². The van der Waals surface area contributed by atoms with E-state index in [9.17, 15) is 0 Å². The number of rotatable bonds is 2. The van der Waals surface area contributed by atoms with Crippen LogP contribution in [0.1, 0.15) is 12.8 Å². The van der Waals surface area contributed by atoms with Crippen molar-refractivity contribution in [1.82, 2.24) is 0 Å². The lowest BCUT2D eigenvalue weighted by Gasteiger charge is -2.19. The molecule has 0 amide bonds. The van der Waals surface area contributed by atoms with Crippen LogP contribution < -0.4 is 0 Å². The van der Waals surface area contributed by atoms with E-state index in [0.717, 1.165) is 32.7 Å². The third-order valence-electron chi connectivity index (χ3n) is 1.55. The maximum absolute atomic E-state index is 5.17. The average Bonchev–Trinajstić information content (AvgIpc) is 1.91. The van der Waals surface area contributed by atoms with Crippen molar-refractivity contribution in [1.29, 1.82) is 0 Å². The van der Waals surface area contributed by atoms with Crippen LogP contribution in [0.15, 0.2) is 0 Å². The Labute approximate surface area is 56.2 Å². The number of hydrogen-bond donors (Lipinski definition) is 0. The molecule has 1 saturated heterocycles. The first-order chi connectivity index (χ1) is 4.43. The Morgan fingerprint density at radius 3 is 2.67 bits per heavy atom. The summed E-state index contributed by atoms with van der Waals surface area (Å²) in [6, 6.07) is 0. The highest BCUT2D eigenvalue weighted by Gasteiger charge is 2.12. The summed E-state index contributed by atoms with van der Waals surface area (Å²) in [7, 11) is 1.74. The van der Waals surface area contributed by atoms with Gasteiger partial charge in [0.1, 0.15) is 0 Å². The van der Waals surface area contributed by atoms with E-state index in [1.54, 1.807) is 7.11 Å². The van der Waals surface area contributed by atoms with Gasteiger partial charge in [-0.3, -0.25) is 0 Å². The zero-order chi connectivity index (χ0) is 6.53. The van der Waals surface area contributed by atoms with Gasteiger partial charge in [-0.2, -0.15) is 0 Å². The van der Waals surface area contributed by atoms with E-state index in [-0.39, 0.29) is 0 Å². The summed E-state index contributed by atoms with van der Waals surface area (Å²) in [5, 5.41) is 0. The molecule has 1 heterocycles. The van der Waals surface area contributed by atoms with Gasteiger partial charge in [0, 0.05) is 26.2 Å². The Morgan fingerprint density at radius 2 is 2.11 bits per heavy atom. The number of methoxy groups -OCH3 is 1. The van der Waals surface area contributed by atoms with Crippen molar-refractivity contribution in [3.8, 4) is 0 Å². The normalized spacial score (nSPS) is 22.3. The van der Waals surface area contributed by atoms with E-state index < -0.39 is 0 Å². The second-order valence-electron chi connectivity index (χ2n) is 2.30. The minimum Gasteiger partial charge on any atom is -0.384 e. The van der Waals surface area contributed by atoms with Gasteiger partial charge in [-0.05, 0) is 12.8 Å². The van der Waals surface area contributed by atoms with E-state index in [0.29, 0.717) is 0 Å². The Balaban J connectivity index is 2.08. The minimum absolute atomic E-state index is 0.823. The van der Waals surface area contributed by atoms with Crippen LogP contribution in [0.5, 0.6) is 0 Å². The highest BCUT2D eigenvalue weighted by atomic mass is 16.5. The Bertz CT molecular complexity index is 64.6. The van der Waals surface area contributed by atoms with Gasteiger partial charge in [0.2, 0.25) is 0 Å². The van der Waals surface area contributed by atoms with Crippen molar-refractivity contribution in [2.24, 2.45) is 0 Å². The molecule has 0 atom stereocenters. The second kappa shape index (κ2) is 3.85. The van der Waals surface area contributed by atoms with Gasteiger partial charge in [0.05, 0.1) is 6.61 Å². The van der Waals surface area contributed by atoms with E-state index in [1.807, 2.05) is 0 Å². The molecule has 0 aromatic carbocycles. The van der Waals surface area contributed by atoms with E-state index in [1.165, 1.54) is 5.92 Å². The lowest BCUT2D eigenvalue weighted by Crippen LogP contribution is -2.17. The maximum Gasteiger partial charge on any atom is 0.0526 e. The average molecular weight is 129 g/mol. The first-order valence-corrected chi connectivity index (χ1v) is 3.33. The third-order valence-corrected chi connectivity index (χ3v) is 1.55. The summed E-state index contributed by atoms with van der Waals surface area (Å²) in [4.78, 5) is 0. The maximum atomic E-state index is 5.17. The van der Waals surface area contributed by atoms with Crippen LogP contribution >= 0.6 is 0 Å². The van der Waals surface area contributed by atoms with Gasteiger partial charge in [0.25, 0.3) is 0 Å². The van der Waals surface area contributed by atoms with E-state index in [4.69, 9.17) is 9.47 Å². The minimum atomic E-state index is 0.823. The van der Waals surface area contributed by atoms with Gasteiger partial charge in [0.15, 0.2) is 0 Å². The molecule has 0 spiro atoms. The fourth-order valence-electron chi connectivity index (χ4n) is 1.01. The first kappa shape index (κ1) is 7.03. The molecule has 9 heavy (non-hydrogen) atoms. The van der Waals surface area contributed by atoms with Crippen LogP contribution in [-0.4, -0.2) is 26.9 Å². The largest absolute Gasteiger partial charge is 0.384 e. The smallest absolute Gasteiger partial charge is 0.0526 e. The van der Waals surface area contributed by atoms with Crippen molar-refractivity contribution in [2.45, 2.75) is 12.8 Å². The molecule has 1 aliphatic heterocycles. The van der Waals surface area contributed by atoms with Gasteiger partial charge in [-0.1, -0.05) is 0 Å². The molecule has 1 aliphatic rings. The Morgan fingerprint density at radius 1 is 1.44 bits per heavy atom. The Hall–Kier alpha value is -0.0800. The fraction of sp³-hybridized carbons (Fsp3) is 0.857. The third kappa shape index (κ3) is 2.33. The van der Waals surface area contributed by atoms with E-state index in [2.05, 4.69) is 0 Å². The molecule has 53 valence electrons. The zero-order valence-corrected chi connectivity index (χ0v) is 5.85. The highest BCUT2D eigenvalue weighted by Crippen LogP contribution is 2.16. The second-order valence-corrected chi connectivity index (χ2v) is 2.30. The van der Waals surface area contributed by atoms with Crippen molar-refractivity contribution in [3.05, 3.63) is 5.92 Å². The molecular formula is C7H13O2. The predicted octanol–water partition coefficient (Wildman–Crippen LogP) is 1.02. The van der Waals surface area contributed by atoms with Gasteiger partial charge >= 0.3 is 0 Å². The predicted molar refractivity (Wildman–Crippen MR) is 35.2 cm³/mol. The monoisotopic (exact) mass is 129 g/mol. The zero-order valence-electron chi connectivity index (χ0n) is 5.85. The van der Waals surface area contributed by atoms with Gasteiger partial charge < -0.3 is 9.47 Å². The molecule has 0 aliphatic carbocycles. The Kier molecular flexibility index (Phi) is 3.01. The molecule has 0 unspecified atom stereocenters. The molecule has 0 N–H and O–H groups in total. The summed E-state index contributed by atoms with van der Waals surface area (Å²) in [5.41, 5.74) is 0. The molecule has 0 saturated carbocycles. The summed E-state index contributed by atoms with van der Waals surface area (Å²) >= 11 is 0. The molecule has 1 rings (SSSR count). The highest BCUT2D eigenvalue weighted by molar-refractivity contribution is 4.91. The standard InChI is InChI=1S/C7H13O2/c1-8-6-7-2-4-9-5-3-7/h2-6H2,1H3. The van der Waals surface area contributed by atoms with Crippen LogP contribution in [0, 0.1) is 5.92 Å². The SMILES string of the molecule is COC[C]1CCOCC1. The summed E-state index contributed by atoms with van der Waals surface area (Å²) in [6.45, 7) is 2.60. The van der Waals surface area contributed by atoms with Gasteiger partial charge in [-0.25, -0.2) is 0 Å². The van der Waals surface area contributed by atoms with Crippen molar-refractivity contribution < 1.29 is 9.47 Å². The van der Waals surface area contributed by atoms with Crippen LogP contribution in [0.3, 0.4) is 0 Å². The first-order valence-electron chi connectivity index (χ1n) is 3.33. The molecule has 0 aromatic heterocycles. The summed E-state index contributed by atoms with van der Waals surface area (Å²) in [5.74, 6) is 1.49. The van der Waals surface area contributed by atoms with Crippen LogP contribution in [0.2, 0.25) is 0 Å². The quantitative estimate of drug-likeness (QED) is 0.554. The topological polar surface area (TPSA) is 18.5 Å².